The van der Waals surface area contributed by atoms with Crippen molar-refractivity contribution < 1.29 is 4.42 Å². The highest BCUT2D eigenvalue weighted by molar-refractivity contribution is 5.28. The molecule has 1 saturated heterocycles. The molecule has 1 aromatic rings. The van der Waals surface area contributed by atoms with Gasteiger partial charge in [-0.3, -0.25) is 0 Å². The van der Waals surface area contributed by atoms with Gasteiger partial charge in [-0.25, -0.2) is 0 Å². The van der Waals surface area contributed by atoms with E-state index in [1.54, 1.807) is 6.26 Å². The van der Waals surface area contributed by atoms with Crippen molar-refractivity contribution in [3.05, 3.63) is 12.0 Å². The zero-order valence-corrected chi connectivity index (χ0v) is 12.7. The van der Waals surface area contributed by atoms with Gasteiger partial charge in [0.1, 0.15) is 6.26 Å². The summed E-state index contributed by atoms with van der Waals surface area (Å²) in [5, 5.41) is 3.39. The Hall–Kier alpha value is -1.03. The van der Waals surface area contributed by atoms with Crippen LogP contribution in [0.5, 0.6) is 0 Å². The van der Waals surface area contributed by atoms with Crippen LogP contribution in [-0.4, -0.2) is 24.6 Å². The SMILES string of the molecule is CC(C)CNCc1coc(N2CCC(C)(C)CC2)n1. The van der Waals surface area contributed by atoms with Crippen molar-refractivity contribution in [2.24, 2.45) is 11.3 Å². The molecule has 0 amide bonds. The van der Waals surface area contributed by atoms with Crippen molar-refractivity contribution in [3.63, 3.8) is 0 Å². The van der Waals surface area contributed by atoms with E-state index < -0.39 is 0 Å². The molecular formula is C15H27N3O. The van der Waals surface area contributed by atoms with E-state index in [1.165, 1.54) is 12.8 Å². The summed E-state index contributed by atoms with van der Waals surface area (Å²) in [4.78, 5) is 6.84. The third-order valence-electron chi connectivity index (χ3n) is 3.79. The fourth-order valence-electron chi connectivity index (χ4n) is 2.31. The monoisotopic (exact) mass is 265 g/mol. The van der Waals surface area contributed by atoms with E-state index in [9.17, 15) is 0 Å². The second-order valence-corrected chi connectivity index (χ2v) is 6.80. The van der Waals surface area contributed by atoms with Gasteiger partial charge in [-0.15, -0.1) is 0 Å². The van der Waals surface area contributed by atoms with Gasteiger partial charge >= 0.3 is 0 Å². The van der Waals surface area contributed by atoms with Crippen molar-refractivity contribution in [3.8, 4) is 0 Å². The molecule has 4 nitrogen and oxygen atoms in total. The number of oxazole rings is 1. The van der Waals surface area contributed by atoms with Crippen molar-refractivity contribution in [2.45, 2.75) is 47.1 Å². The Kier molecular flexibility index (Phi) is 4.50. The van der Waals surface area contributed by atoms with Gasteiger partial charge in [-0.05, 0) is 30.7 Å². The molecule has 1 aromatic heterocycles. The molecular weight excluding hydrogens is 238 g/mol. The Balaban J connectivity index is 1.84. The minimum atomic E-state index is 0.463. The van der Waals surface area contributed by atoms with E-state index in [2.05, 4.69) is 42.9 Å². The Morgan fingerprint density at radius 3 is 2.68 bits per heavy atom. The van der Waals surface area contributed by atoms with Gasteiger partial charge < -0.3 is 14.6 Å². The lowest BCUT2D eigenvalue weighted by Gasteiger charge is -2.35. The lowest BCUT2D eigenvalue weighted by molar-refractivity contribution is 0.273. The van der Waals surface area contributed by atoms with Gasteiger partial charge in [-0.2, -0.15) is 4.98 Å². The zero-order valence-electron chi connectivity index (χ0n) is 12.7. The smallest absolute Gasteiger partial charge is 0.297 e. The molecule has 108 valence electrons. The van der Waals surface area contributed by atoms with Gasteiger partial charge in [0, 0.05) is 19.6 Å². The molecule has 0 aromatic carbocycles. The third kappa shape index (κ3) is 4.23. The van der Waals surface area contributed by atoms with E-state index in [0.717, 1.165) is 37.9 Å². The van der Waals surface area contributed by atoms with Crippen LogP contribution in [0.15, 0.2) is 10.7 Å². The molecule has 0 atom stereocenters. The Bertz CT molecular complexity index is 388. The molecule has 0 bridgehead atoms. The summed E-state index contributed by atoms with van der Waals surface area (Å²) < 4.78 is 5.60. The van der Waals surface area contributed by atoms with E-state index in [4.69, 9.17) is 4.42 Å². The minimum absolute atomic E-state index is 0.463. The quantitative estimate of drug-likeness (QED) is 0.888. The topological polar surface area (TPSA) is 41.3 Å². The second-order valence-electron chi connectivity index (χ2n) is 6.80. The third-order valence-corrected chi connectivity index (χ3v) is 3.79. The number of hydrogen-bond donors (Lipinski definition) is 1. The molecule has 1 fully saturated rings. The van der Waals surface area contributed by atoms with Crippen molar-refractivity contribution in [2.75, 3.05) is 24.5 Å². The molecule has 0 unspecified atom stereocenters. The van der Waals surface area contributed by atoms with Crippen LogP contribution >= 0.6 is 0 Å². The minimum Gasteiger partial charge on any atom is -0.432 e. The summed E-state index contributed by atoms with van der Waals surface area (Å²) in [5.74, 6) is 0.663. The van der Waals surface area contributed by atoms with Crippen LogP contribution in [-0.2, 0) is 6.54 Å². The number of aromatic nitrogens is 1. The number of anilines is 1. The standard InChI is InChI=1S/C15H27N3O/c1-12(2)9-16-10-13-11-19-14(17-13)18-7-5-15(3,4)6-8-18/h11-12,16H,5-10H2,1-4H3. The summed E-state index contributed by atoms with van der Waals surface area (Å²) in [6.07, 6.45) is 4.19. The van der Waals surface area contributed by atoms with Gasteiger partial charge in [-0.1, -0.05) is 27.7 Å². The van der Waals surface area contributed by atoms with Crippen LogP contribution < -0.4 is 10.2 Å². The predicted molar refractivity (Wildman–Crippen MR) is 78.3 cm³/mol. The molecule has 19 heavy (non-hydrogen) atoms. The number of nitrogens with one attached hydrogen (secondary N) is 1. The maximum absolute atomic E-state index is 5.60. The highest BCUT2D eigenvalue weighted by Crippen LogP contribution is 2.31. The molecule has 0 radical (unpaired) electrons. The van der Waals surface area contributed by atoms with Gasteiger partial charge in [0.2, 0.25) is 0 Å². The molecule has 4 heteroatoms. The second kappa shape index (κ2) is 5.95. The fraction of sp³-hybridized carbons (Fsp3) is 0.800. The van der Waals surface area contributed by atoms with E-state index in [0.29, 0.717) is 11.3 Å². The first-order valence-corrected chi connectivity index (χ1v) is 7.36. The summed E-state index contributed by atoms with van der Waals surface area (Å²) in [6, 6.07) is 0.789. The molecule has 0 saturated carbocycles. The van der Waals surface area contributed by atoms with Gasteiger partial charge in [0.25, 0.3) is 6.01 Å². The van der Waals surface area contributed by atoms with Crippen LogP contribution in [0.2, 0.25) is 0 Å². The number of rotatable bonds is 5. The molecule has 1 N–H and O–H groups in total. The zero-order chi connectivity index (χ0) is 13.9. The first-order valence-electron chi connectivity index (χ1n) is 7.36. The fourth-order valence-corrected chi connectivity index (χ4v) is 2.31. The molecule has 2 heterocycles. The average molecular weight is 265 g/mol. The summed E-state index contributed by atoms with van der Waals surface area (Å²) >= 11 is 0. The molecule has 1 aliphatic rings. The average Bonchev–Trinajstić information content (AvgIpc) is 2.77. The lowest BCUT2D eigenvalue weighted by atomic mass is 9.83. The normalized spacial score (nSPS) is 19.1. The molecule has 0 spiro atoms. The molecule has 1 aliphatic heterocycles. The first kappa shape index (κ1) is 14.4. The Labute approximate surface area is 116 Å². The van der Waals surface area contributed by atoms with Crippen LogP contribution in [0.25, 0.3) is 0 Å². The molecule has 2 rings (SSSR count). The van der Waals surface area contributed by atoms with E-state index in [1.807, 2.05) is 0 Å². The molecule has 0 aliphatic carbocycles. The first-order chi connectivity index (χ1) is 8.96. The van der Waals surface area contributed by atoms with Crippen LogP contribution in [0, 0.1) is 11.3 Å². The Morgan fingerprint density at radius 2 is 2.05 bits per heavy atom. The van der Waals surface area contributed by atoms with Crippen molar-refractivity contribution >= 4 is 6.01 Å². The van der Waals surface area contributed by atoms with E-state index >= 15 is 0 Å². The van der Waals surface area contributed by atoms with Crippen molar-refractivity contribution in [1.82, 2.24) is 10.3 Å². The highest BCUT2D eigenvalue weighted by atomic mass is 16.4. The summed E-state index contributed by atoms with van der Waals surface area (Å²) in [5.41, 5.74) is 1.46. The lowest BCUT2D eigenvalue weighted by Crippen LogP contribution is -2.37. The number of nitrogens with zero attached hydrogens (tertiary/aromatic N) is 2. The number of hydrogen-bond acceptors (Lipinski definition) is 4. The predicted octanol–water partition coefficient (Wildman–Crippen LogP) is 3.05. The van der Waals surface area contributed by atoms with Crippen molar-refractivity contribution in [1.29, 1.82) is 0 Å². The van der Waals surface area contributed by atoms with Crippen LogP contribution in [0.3, 0.4) is 0 Å². The summed E-state index contributed by atoms with van der Waals surface area (Å²) in [7, 11) is 0. The van der Waals surface area contributed by atoms with Gasteiger partial charge in [0.05, 0.1) is 5.69 Å². The van der Waals surface area contributed by atoms with Crippen LogP contribution in [0.1, 0.15) is 46.2 Å². The number of piperidine rings is 1. The van der Waals surface area contributed by atoms with Gasteiger partial charge in [0.15, 0.2) is 0 Å². The van der Waals surface area contributed by atoms with E-state index in [-0.39, 0.29) is 0 Å². The maximum atomic E-state index is 5.60. The maximum Gasteiger partial charge on any atom is 0.297 e. The summed E-state index contributed by atoms with van der Waals surface area (Å²) in [6.45, 7) is 13.0. The van der Waals surface area contributed by atoms with Crippen LogP contribution in [0.4, 0.5) is 6.01 Å². The highest BCUT2D eigenvalue weighted by Gasteiger charge is 2.27. The Morgan fingerprint density at radius 1 is 1.37 bits per heavy atom. The largest absolute Gasteiger partial charge is 0.432 e.